The Morgan fingerprint density at radius 3 is 2.55 bits per heavy atom. The molecule has 1 N–H and O–H groups in total. The van der Waals surface area contributed by atoms with Crippen LogP contribution in [0.3, 0.4) is 0 Å². The first-order chi connectivity index (χ1) is 15.9. The monoisotopic (exact) mass is 443 g/mol. The fraction of sp³-hybridized carbons (Fsp3) is 0.192. The van der Waals surface area contributed by atoms with Gasteiger partial charge in [0.1, 0.15) is 23.8 Å². The minimum atomic E-state index is -0.273. The van der Waals surface area contributed by atoms with Crippen LogP contribution < -0.4 is 20.3 Å². The average molecular weight is 444 g/mol. The number of ether oxygens (including phenoxy) is 2. The molecule has 0 spiro atoms. The molecule has 0 aliphatic heterocycles. The second kappa shape index (κ2) is 9.56. The van der Waals surface area contributed by atoms with E-state index in [0.717, 1.165) is 11.1 Å². The van der Waals surface area contributed by atoms with Gasteiger partial charge in [-0.05, 0) is 67.8 Å². The van der Waals surface area contributed by atoms with E-state index in [1.54, 1.807) is 30.5 Å². The molecular weight excluding hydrogens is 418 g/mol. The Kier molecular flexibility index (Phi) is 6.40. The molecule has 0 aliphatic rings. The highest BCUT2D eigenvalue weighted by Gasteiger charge is 2.08. The number of fused-ring (bicyclic) bond motifs is 1. The molecule has 4 rings (SSSR count). The Morgan fingerprint density at radius 1 is 0.909 bits per heavy atom. The number of pyridine rings is 1. The van der Waals surface area contributed by atoms with Gasteiger partial charge in [-0.25, -0.2) is 4.98 Å². The summed E-state index contributed by atoms with van der Waals surface area (Å²) in [6.07, 6.45) is 1.69. The fourth-order valence-electron chi connectivity index (χ4n) is 3.35. The zero-order chi connectivity index (χ0) is 23.4. The van der Waals surface area contributed by atoms with Crippen molar-refractivity contribution in [2.75, 3.05) is 11.9 Å². The Bertz CT molecular complexity index is 1380. The van der Waals surface area contributed by atoms with Gasteiger partial charge in [-0.1, -0.05) is 18.2 Å². The van der Waals surface area contributed by atoms with Crippen molar-refractivity contribution in [2.24, 2.45) is 0 Å². The van der Waals surface area contributed by atoms with Crippen molar-refractivity contribution in [3.05, 3.63) is 99.6 Å². The quantitative estimate of drug-likeness (QED) is 0.463. The first-order valence-corrected chi connectivity index (χ1v) is 10.6. The van der Waals surface area contributed by atoms with Crippen LogP contribution in [0.4, 0.5) is 5.69 Å². The molecule has 0 unspecified atom stereocenters. The van der Waals surface area contributed by atoms with Crippen molar-refractivity contribution >= 4 is 17.2 Å². The van der Waals surface area contributed by atoms with Crippen LogP contribution in [0.25, 0.3) is 5.65 Å². The van der Waals surface area contributed by atoms with E-state index >= 15 is 0 Å². The topological polar surface area (TPSA) is 81.9 Å². The van der Waals surface area contributed by atoms with E-state index < -0.39 is 0 Å². The number of rotatable bonds is 7. The summed E-state index contributed by atoms with van der Waals surface area (Å²) in [6, 6.07) is 17.9. The Morgan fingerprint density at radius 2 is 1.73 bits per heavy atom. The third-order valence-electron chi connectivity index (χ3n) is 5.29. The summed E-state index contributed by atoms with van der Waals surface area (Å²) in [5.74, 6) is 0.930. The van der Waals surface area contributed by atoms with Gasteiger partial charge < -0.3 is 14.8 Å². The molecule has 7 nitrogen and oxygen atoms in total. The van der Waals surface area contributed by atoms with Gasteiger partial charge in [0.05, 0.1) is 5.69 Å². The molecule has 0 atom stereocenters. The number of nitrogens with zero attached hydrogens (tertiary/aromatic N) is 2. The maximum absolute atomic E-state index is 12.3. The predicted octanol–water partition coefficient (Wildman–Crippen LogP) is 4.22. The number of hydrogen-bond donors (Lipinski definition) is 1. The first-order valence-electron chi connectivity index (χ1n) is 10.6. The van der Waals surface area contributed by atoms with Crippen molar-refractivity contribution in [2.45, 2.75) is 27.4 Å². The van der Waals surface area contributed by atoms with Gasteiger partial charge in [0, 0.05) is 24.0 Å². The number of anilines is 1. The van der Waals surface area contributed by atoms with Crippen molar-refractivity contribution < 1.29 is 14.3 Å². The molecule has 2 heterocycles. The molecule has 4 aromatic rings. The number of carbonyl (C=O) groups excluding carboxylic acids is 1. The third kappa shape index (κ3) is 5.38. The second-order valence-corrected chi connectivity index (χ2v) is 7.87. The number of amides is 1. The van der Waals surface area contributed by atoms with Gasteiger partial charge in [0.2, 0.25) is 0 Å². The van der Waals surface area contributed by atoms with Gasteiger partial charge in [0.25, 0.3) is 11.5 Å². The van der Waals surface area contributed by atoms with Crippen molar-refractivity contribution in [3.63, 3.8) is 0 Å². The molecule has 2 aromatic carbocycles. The normalized spacial score (nSPS) is 10.8. The number of carbonyl (C=O) groups is 1. The maximum atomic E-state index is 12.3. The van der Waals surface area contributed by atoms with Crippen LogP contribution in [0.1, 0.15) is 22.4 Å². The molecule has 0 radical (unpaired) electrons. The molecule has 0 aliphatic carbocycles. The van der Waals surface area contributed by atoms with Crippen LogP contribution in [0.5, 0.6) is 11.5 Å². The Labute approximate surface area is 191 Å². The van der Waals surface area contributed by atoms with Crippen molar-refractivity contribution in [3.8, 4) is 11.5 Å². The van der Waals surface area contributed by atoms with Crippen LogP contribution in [0.2, 0.25) is 0 Å². The van der Waals surface area contributed by atoms with E-state index in [0.29, 0.717) is 28.5 Å². The smallest absolute Gasteiger partial charge is 0.262 e. The van der Waals surface area contributed by atoms with Crippen LogP contribution in [0, 0.1) is 20.8 Å². The molecule has 0 fully saturated rings. The van der Waals surface area contributed by atoms with Crippen LogP contribution in [0.15, 0.2) is 71.7 Å². The molecule has 33 heavy (non-hydrogen) atoms. The lowest BCUT2D eigenvalue weighted by atomic mass is 10.1. The van der Waals surface area contributed by atoms with Crippen molar-refractivity contribution in [1.82, 2.24) is 9.38 Å². The Hall–Kier alpha value is -4.13. The molecule has 2 aromatic heterocycles. The van der Waals surface area contributed by atoms with Gasteiger partial charge in [0.15, 0.2) is 6.61 Å². The summed E-state index contributed by atoms with van der Waals surface area (Å²) < 4.78 is 12.9. The van der Waals surface area contributed by atoms with Crippen LogP contribution >= 0.6 is 0 Å². The number of aromatic nitrogens is 2. The third-order valence-corrected chi connectivity index (χ3v) is 5.29. The van der Waals surface area contributed by atoms with E-state index in [1.807, 2.05) is 51.1 Å². The van der Waals surface area contributed by atoms with Gasteiger partial charge in [-0.3, -0.25) is 14.0 Å². The van der Waals surface area contributed by atoms with Crippen molar-refractivity contribution in [1.29, 1.82) is 0 Å². The highest BCUT2D eigenvalue weighted by atomic mass is 16.5. The zero-order valence-corrected chi connectivity index (χ0v) is 18.8. The lowest BCUT2D eigenvalue weighted by Gasteiger charge is -2.11. The maximum Gasteiger partial charge on any atom is 0.262 e. The molecule has 0 bridgehead atoms. The number of aryl methyl sites for hydroxylation is 3. The van der Waals surface area contributed by atoms with Gasteiger partial charge >= 0.3 is 0 Å². The molecule has 1 amide bonds. The van der Waals surface area contributed by atoms with Crippen LogP contribution in [-0.2, 0) is 11.4 Å². The molecule has 7 heteroatoms. The summed E-state index contributed by atoms with van der Waals surface area (Å²) in [5.41, 5.74) is 4.75. The van der Waals surface area contributed by atoms with Gasteiger partial charge in [-0.2, -0.15) is 0 Å². The summed E-state index contributed by atoms with van der Waals surface area (Å²) in [7, 11) is 0. The highest BCUT2D eigenvalue weighted by Crippen LogP contribution is 2.19. The van der Waals surface area contributed by atoms with E-state index in [-0.39, 0.29) is 24.7 Å². The van der Waals surface area contributed by atoms with Gasteiger partial charge in [-0.15, -0.1) is 0 Å². The predicted molar refractivity (Wildman–Crippen MR) is 127 cm³/mol. The fourth-order valence-corrected chi connectivity index (χ4v) is 3.35. The minimum Gasteiger partial charge on any atom is -0.487 e. The SMILES string of the molecule is Cc1ccc(OCC(=O)Nc2cccc(OCc3cc(=O)n4cccc(C)c4n3)c2)cc1C. The van der Waals surface area contributed by atoms with E-state index in [2.05, 4.69) is 10.3 Å². The van der Waals surface area contributed by atoms with E-state index in [1.165, 1.54) is 16.0 Å². The lowest BCUT2D eigenvalue weighted by Crippen LogP contribution is -2.20. The second-order valence-electron chi connectivity index (χ2n) is 7.87. The standard InChI is InChI=1S/C26H25N3O4/c1-17-9-10-23(12-19(17)3)33-16-24(30)27-20-7-4-8-22(13-20)32-15-21-14-25(31)29-11-5-6-18(2)26(29)28-21/h4-14H,15-16H2,1-3H3,(H,27,30). The summed E-state index contributed by atoms with van der Waals surface area (Å²) in [4.78, 5) is 29.2. The Balaban J connectivity index is 1.37. The summed E-state index contributed by atoms with van der Waals surface area (Å²) in [6.45, 7) is 5.96. The minimum absolute atomic E-state index is 0.0993. The van der Waals surface area contributed by atoms with E-state index in [4.69, 9.17) is 9.47 Å². The highest BCUT2D eigenvalue weighted by molar-refractivity contribution is 5.92. The average Bonchev–Trinajstić information content (AvgIpc) is 2.79. The molecule has 0 saturated carbocycles. The lowest BCUT2D eigenvalue weighted by molar-refractivity contribution is -0.118. The number of hydrogen-bond acceptors (Lipinski definition) is 5. The zero-order valence-electron chi connectivity index (χ0n) is 18.8. The summed E-state index contributed by atoms with van der Waals surface area (Å²) >= 11 is 0. The molecule has 168 valence electrons. The number of nitrogens with one attached hydrogen (secondary N) is 1. The number of benzene rings is 2. The molecular formula is C26H25N3O4. The van der Waals surface area contributed by atoms with E-state index in [9.17, 15) is 9.59 Å². The summed E-state index contributed by atoms with van der Waals surface area (Å²) in [5, 5.41) is 2.80. The largest absolute Gasteiger partial charge is 0.487 e. The first kappa shape index (κ1) is 22.1. The van der Waals surface area contributed by atoms with Crippen LogP contribution in [-0.4, -0.2) is 21.9 Å². The molecule has 0 saturated heterocycles.